The molecule has 0 fully saturated rings. The van der Waals surface area contributed by atoms with Crippen molar-refractivity contribution in [2.24, 2.45) is 0 Å². The molecule has 0 radical (unpaired) electrons. The summed E-state index contributed by atoms with van der Waals surface area (Å²) in [4.78, 5) is 0. The molecule has 0 rings (SSSR count). The van der Waals surface area contributed by atoms with Crippen LogP contribution in [-0.2, 0) is 0 Å². The first-order valence-electron chi connectivity index (χ1n) is 0.901. The molecule has 0 unspecified atom stereocenters. The van der Waals surface area contributed by atoms with Gasteiger partial charge in [-0.25, -0.2) is 0 Å². The van der Waals surface area contributed by atoms with Crippen molar-refractivity contribution in [1.29, 1.82) is 5.26 Å². The van der Waals surface area contributed by atoms with Gasteiger partial charge in [0.15, 0.2) is 0 Å². The molecule has 0 saturated heterocycles. The van der Waals surface area contributed by atoms with Gasteiger partial charge in [-0.2, -0.15) is 5.26 Å². The Kier molecular flexibility index (Phi) is 9.91. The average Bonchev–Trinajstić information content (AvgIpc) is 1.38. The molecule has 0 aliphatic rings. The zero-order valence-electron chi connectivity index (χ0n) is 2.30. The summed E-state index contributed by atoms with van der Waals surface area (Å²) >= 11 is 7.67. The number of thiocarbonyl (C=S) groups is 1. The van der Waals surface area contributed by atoms with Gasteiger partial charge in [0, 0.05) is 0 Å². The van der Waals surface area contributed by atoms with Crippen LogP contribution in [0.5, 0.6) is 0 Å². The molecule has 4 heteroatoms. The van der Waals surface area contributed by atoms with Crippen molar-refractivity contribution in [1.82, 2.24) is 0 Å². The maximum absolute atomic E-state index is 7.68. The van der Waals surface area contributed by atoms with Crippen molar-refractivity contribution in [2.75, 3.05) is 0 Å². The van der Waals surface area contributed by atoms with E-state index < -0.39 is 0 Å². The van der Waals surface area contributed by atoms with Crippen LogP contribution in [-0.4, -0.2) is 33.8 Å². The van der Waals surface area contributed by atoms with Crippen LogP contribution in [0.2, 0.25) is 0 Å². The van der Waals surface area contributed by atoms with Crippen molar-refractivity contribution in [3.63, 3.8) is 0 Å². The van der Waals surface area contributed by atoms with Gasteiger partial charge in [0.1, 0.15) is 10.3 Å². The standard InChI is InChI=1S/C2HNS2.Na.H/c3-1-2(4)5;;/h(H,4,5);;. The second kappa shape index (κ2) is 5.93. The molecule has 0 aliphatic carbocycles. The number of thiol groups is 1. The SMILES string of the molecule is N#CC(=S)S.[NaH]. The van der Waals surface area contributed by atoms with Crippen molar-refractivity contribution in [3.05, 3.63) is 0 Å². The summed E-state index contributed by atoms with van der Waals surface area (Å²) in [6, 6.07) is 1.62. The Morgan fingerprint density at radius 1 is 1.83 bits per heavy atom. The fourth-order valence-corrected chi connectivity index (χ4v) is 0. The molecule has 0 heterocycles. The number of hydrogen-bond acceptors (Lipinski definition) is 2. The van der Waals surface area contributed by atoms with Gasteiger partial charge in [-0.05, 0) is 0 Å². The second-order valence-corrected chi connectivity index (χ2v) is 1.57. The van der Waals surface area contributed by atoms with E-state index in [1.807, 2.05) is 0 Å². The second-order valence-electron chi connectivity index (χ2n) is 0.417. The van der Waals surface area contributed by atoms with Crippen molar-refractivity contribution in [2.45, 2.75) is 0 Å². The van der Waals surface area contributed by atoms with Crippen LogP contribution < -0.4 is 0 Å². The first-order valence-corrected chi connectivity index (χ1v) is 1.76. The van der Waals surface area contributed by atoms with Gasteiger partial charge in [0.2, 0.25) is 0 Å². The number of rotatable bonds is 0. The molecule has 0 aromatic carbocycles. The van der Waals surface area contributed by atoms with E-state index in [0.29, 0.717) is 0 Å². The number of hydrogen-bond donors (Lipinski definition) is 1. The molecule has 0 amide bonds. The Hall–Kier alpha value is 0.930. The van der Waals surface area contributed by atoms with E-state index in [0.717, 1.165) is 0 Å². The van der Waals surface area contributed by atoms with Crippen LogP contribution in [0, 0.1) is 11.3 Å². The molecule has 6 heavy (non-hydrogen) atoms. The Morgan fingerprint density at radius 3 is 2.00 bits per heavy atom. The monoisotopic (exact) mass is 127 g/mol. The van der Waals surface area contributed by atoms with E-state index in [1.54, 1.807) is 6.07 Å². The van der Waals surface area contributed by atoms with E-state index in [9.17, 15) is 0 Å². The zero-order valence-corrected chi connectivity index (χ0v) is 4.01. The van der Waals surface area contributed by atoms with Gasteiger partial charge in [0.25, 0.3) is 0 Å². The van der Waals surface area contributed by atoms with Crippen LogP contribution in [0.4, 0.5) is 0 Å². The van der Waals surface area contributed by atoms with Crippen LogP contribution in [0.25, 0.3) is 0 Å². The minimum atomic E-state index is 0. The Balaban J connectivity index is 0. The van der Waals surface area contributed by atoms with Crippen LogP contribution in [0.3, 0.4) is 0 Å². The van der Waals surface area contributed by atoms with Gasteiger partial charge in [-0.3, -0.25) is 0 Å². The normalized spacial score (nSPS) is 4.67. The van der Waals surface area contributed by atoms with Gasteiger partial charge in [0.05, 0.1) is 0 Å². The number of nitriles is 1. The molecule has 0 aromatic heterocycles. The molecule has 0 spiro atoms. The molecule has 0 aliphatic heterocycles. The van der Waals surface area contributed by atoms with E-state index in [1.165, 1.54) is 0 Å². The predicted octanol–water partition coefficient (Wildman–Crippen LogP) is 0.119. The summed E-state index contributed by atoms with van der Waals surface area (Å²) in [7, 11) is 0. The zero-order chi connectivity index (χ0) is 4.28. The van der Waals surface area contributed by atoms with Crippen molar-refractivity contribution >= 4 is 58.6 Å². The quantitative estimate of drug-likeness (QED) is 0.284. The predicted molar refractivity (Wildman–Crippen MR) is 34.3 cm³/mol. The fraction of sp³-hybridized carbons (Fsp3) is 0. The molecular formula is C2H2NNaS2. The third kappa shape index (κ3) is 8.87. The topological polar surface area (TPSA) is 23.8 Å². The van der Waals surface area contributed by atoms with E-state index >= 15 is 0 Å². The summed E-state index contributed by atoms with van der Waals surface area (Å²) in [5.74, 6) is 0. The Bertz CT molecular complexity index is 84.0. The molecule has 1 nitrogen and oxygen atoms in total. The number of nitrogens with zero attached hydrogens (tertiary/aromatic N) is 1. The molecule has 0 atom stereocenters. The average molecular weight is 127 g/mol. The van der Waals surface area contributed by atoms with Crippen molar-refractivity contribution in [3.8, 4) is 6.07 Å². The first kappa shape index (κ1) is 10.0. The summed E-state index contributed by atoms with van der Waals surface area (Å²) < 4.78 is 0.0880. The van der Waals surface area contributed by atoms with Crippen LogP contribution in [0.15, 0.2) is 0 Å². The molecule has 28 valence electrons. The molecule has 0 bridgehead atoms. The van der Waals surface area contributed by atoms with E-state index in [-0.39, 0.29) is 33.8 Å². The molecule has 0 N–H and O–H groups in total. The summed E-state index contributed by atoms with van der Waals surface area (Å²) in [6.45, 7) is 0. The van der Waals surface area contributed by atoms with Crippen molar-refractivity contribution < 1.29 is 0 Å². The Morgan fingerprint density at radius 2 is 2.00 bits per heavy atom. The first-order chi connectivity index (χ1) is 2.27. The fourth-order valence-electron chi connectivity index (χ4n) is 0. The molecular weight excluding hydrogens is 125 g/mol. The maximum atomic E-state index is 7.68. The summed E-state index contributed by atoms with van der Waals surface area (Å²) in [5, 5.41) is 7.68. The van der Waals surface area contributed by atoms with E-state index in [2.05, 4.69) is 24.8 Å². The summed E-state index contributed by atoms with van der Waals surface area (Å²) in [6.07, 6.45) is 0. The van der Waals surface area contributed by atoms with Gasteiger partial charge in [-0.1, -0.05) is 12.2 Å². The van der Waals surface area contributed by atoms with E-state index in [4.69, 9.17) is 5.26 Å². The van der Waals surface area contributed by atoms with Gasteiger partial charge in [-0.15, -0.1) is 12.6 Å². The third-order valence-electron chi connectivity index (χ3n) is 0.0956. The molecule has 0 aromatic rings. The summed E-state index contributed by atoms with van der Waals surface area (Å²) in [5.41, 5.74) is 0. The minimum absolute atomic E-state index is 0. The Labute approximate surface area is 69.4 Å². The van der Waals surface area contributed by atoms with Crippen LogP contribution in [0.1, 0.15) is 0 Å². The van der Waals surface area contributed by atoms with Crippen LogP contribution >= 0.6 is 24.8 Å². The van der Waals surface area contributed by atoms with Gasteiger partial charge >= 0.3 is 29.6 Å². The third-order valence-corrected chi connectivity index (χ3v) is 0.287. The van der Waals surface area contributed by atoms with Gasteiger partial charge < -0.3 is 0 Å². The molecule has 0 saturated carbocycles.